The maximum absolute atomic E-state index is 12.5. The Balaban J connectivity index is 1.45. The quantitative estimate of drug-likeness (QED) is 0.0674. The van der Waals surface area contributed by atoms with E-state index < -0.39 is 5.97 Å². The van der Waals surface area contributed by atoms with E-state index in [-0.39, 0.29) is 0 Å². The molecule has 0 saturated carbocycles. The lowest BCUT2D eigenvalue weighted by Crippen LogP contribution is -2.08. The van der Waals surface area contributed by atoms with E-state index in [4.69, 9.17) is 14.7 Å². The van der Waals surface area contributed by atoms with E-state index in [9.17, 15) is 4.79 Å². The summed E-state index contributed by atoms with van der Waals surface area (Å²) < 4.78 is 11.3. The number of ether oxygens (including phenoxy) is 2. The second-order valence-electron chi connectivity index (χ2n) is 8.59. The highest BCUT2D eigenvalue weighted by atomic mass is 16.5. The summed E-state index contributed by atoms with van der Waals surface area (Å²) in [5, 5.41) is 12.0. The number of nitrogens with zero attached hydrogens (tertiary/aromatic N) is 2. The highest BCUT2D eigenvalue weighted by molar-refractivity contribution is 5.98. The van der Waals surface area contributed by atoms with Crippen molar-refractivity contribution in [2.75, 3.05) is 6.61 Å². The lowest BCUT2D eigenvalue weighted by atomic mass is 10.1. The Bertz CT molecular complexity index is 1140. The molecule has 0 heterocycles. The van der Waals surface area contributed by atoms with E-state index in [0.717, 1.165) is 29.0 Å². The van der Waals surface area contributed by atoms with E-state index in [1.807, 2.05) is 36.4 Å². The Morgan fingerprint density at radius 3 is 2.08 bits per heavy atom. The van der Waals surface area contributed by atoms with Crippen LogP contribution in [0.3, 0.4) is 0 Å². The number of carbonyl (C=O) groups excluding carboxylic acids is 1. The fourth-order valence-corrected chi connectivity index (χ4v) is 3.54. The maximum atomic E-state index is 12.5. The zero-order valence-corrected chi connectivity index (χ0v) is 21.0. The average molecular weight is 487 g/mol. The first-order chi connectivity index (χ1) is 17.6. The van der Waals surface area contributed by atoms with Crippen molar-refractivity contribution < 1.29 is 19.5 Å². The molecule has 6 heteroatoms. The average Bonchev–Trinajstić information content (AvgIpc) is 2.92. The first-order valence-corrected chi connectivity index (χ1v) is 12.5. The summed E-state index contributed by atoms with van der Waals surface area (Å²) in [7, 11) is 0. The number of esters is 1. The molecule has 0 unspecified atom stereocenters. The number of carbonyl (C=O) groups is 1. The van der Waals surface area contributed by atoms with Crippen LogP contribution in [0.4, 0.5) is 5.69 Å². The van der Waals surface area contributed by atoms with Gasteiger partial charge in [0, 0.05) is 6.21 Å². The molecule has 0 aliphatic heterocycles. The Kier molecular flexibility index (Phi) is 10.7. The van der Waals surface area contributed by atoms with Gasteiger partial charge in [-0.25, -0.2) is 4.79 Å². The van der Waals surface area contributed by atoms with Gasteiger partial charge < -0.3 is 14.7 Å². The van der Waals surface area contributed by atoms with Gasteiger partial charge in [-0.05, 0) is 85.1 Å². The van der Waals surface area contributed by atoms with Gasteiger partial charge in [0.2, 0.25) is 0 Å². The van der Waals surface area contributed by atoms with Crippen molar-refractivity contribution in [3.8, 4) is 11.5 Å². The molecule has 3 rings (SSSR count). The molecule has 0 bridgehead atoms. The molecular formula is C30H34N2O4. The Morgan fingerprint density at radius 2 is 1.42 bits per heavy atom. The van der Waals surface area contributed by atoms with Gasteiger partial charge in [-0.2, -0.15) is 0 Å². The van der Waals surface area contributed by atoms with Gasteiger partial charge in [0.05, 0.1) is 23.6 Å². The van der Waals surface area contributed by atoms with Crippen molar-refractivity contribution in [1.29, 1.82) is 0 Å². The molecular weight excluding hydrogens is 452 g/mol. The summed E-state index contributed by atoms with van der Waals surface area (Å²) in [6, 6.07) is 21.6. The van der Waals surface area contributed by atoms with Crippen molar-refractivity contribution in [1.82, 2.24) is 0 Å². The molecule has 0 amide bonds. The largest absolute Gasteiger partial charge is 0.494 e. The summed E-state index contributed by atoms with van der Waals surface area (Å²) in [5.41, 5.74) is 3.50. The number of rotatable bonds is 13. The predicted molar refractivity (Wildman–Crippen MR) is 144 cm³/mol. The third-order valence-electron chi connectivity index (χ3n) is 5.75. The minimum atomic E-state index is -0.416. The van der Waals surface area contributed by atoms with Crippen LogP contribution in [-0.4, -0.2) is 29.7 Å². The van der Waals surface area contributed by atoms with Crippen molar-refractivity contribution >= 4 is 23.6 Å². The molecule has 0 aliphatic carbocycles. The number of benzene rings is 3. The van der Waals surface area contributed by atoms with Crippen LogP contribution in [0.1, 0.15) is 73.9 Å². The SMILES string of the molecule is CCCCCCCCOc1ccc(C(=O)Oc2ccc(C=Nc3ccc(C(C)=NO)cc3)cc2)cc1. The van der Waals surface area contributed by atoms with E-state index >= 15 is 0 Å². The summed E-state index contributed by atoms with van der Waals surface area (Å²) in [6.45, 7) is 4.64. The van der Waals surface area contributed by atoms with Crippen molar-refractivity contribution in [3.05, 3.63) is 89.5 Å². The van der Waals surface area contributed by atoms with Gasteiger partial charge in [0.1, 0.15) is 11.5 Å². The molecule has 1 N–H and O–H groups in total. The molecule has 0 aliphatic rings. The predicted octanol–water partition coefficient (Wildman–Crippen LogP) is 7.59. The Labute approximate surface area is 213 Å². The molecule has 0 saturated heterocycles. The maximum Gasteiger partial charge on any atom is 0.343 e. The third-order valence-corrected chi connectivity index (χ3v) is 5.75. The van der Waals surface area contributed by atoms with Gasteiger partial charge in [-0.15, -0.1) is 0 Å². The first kappa shape index (κ1) is 26.7. The number of hydrogen-bond acceptors (Lipinski definition) is 6. The Morgan fingerprint density at radius 1 is 0.806 bits per heavy atom. The van der Waals surface area contributed by atoms with Crippen LogP contribution < -0.4 is 9.47 Å². The molecule has 3 aromatic carbocycles. The molecule has 3 aromatic rings. The monoisotopic (exact) mass is 486 g/mol. The molecule has 0 atom stereocenters. The van der Waals surface area contributed by atoms with E-state index in [0.29, 0.717) is 23.6 Å². The topological polar surface area (TPSA) is 80.5 Å². The van der Waals surface area contributed by atoms with Gasteiger partial charge in [-0.3, -0.25) is 4.99 Å². The summed E-state index contributed by atoms with van der Waals surface area (Å²) in [6.07, 6.45) is 9.06. The van der Waals surface area contributed by atoms with Gasteiger partial charge in [-0.1, -0.05) is 56.3 Å². The lowest BCUT2D eigenvalue weighted by molar-refractivity contribution is 0.0734. The molecule has 0 fully saturated rings. The van der Waals surface area contributed by atoms with Crippen molar-refractivity contribution in [2.45, 2.75) is 52.4 Å². The van der Waals surface area contributed by atoms with Crippen LogP contribution >= 0.6 is 0 Å². The fraction of sp³-hybridized carbons (Fsp3) is 0.300. The molecule has 6 nitrogen and oxygen atoms in total. The number of oxime groups is 1. The number of unbranched alkanes of at least 4 members (excludes halogenated alkanes) is 5. The fourth-order valence-electron chi connectivity index (χ4n) is 3.54. The molecule has 188 valence electrons. The first-order valence-electron chi connectivity index (χ1n) is 12.5. The van der Waals surface area contributed by atoms with Crippen LogP contribution in [0.25, 0.3) is 0 Å². The number of aliphatic imine (C=N–C) groups is 1. The third kappa shape index (κ3) is 8.69. The summed E-state index contributed by atoms with van der Waals surface area (Å²) >= 11 is 0. The lowest BCUT2D eigenvalue weighted by Gasteiger charge is -2.08. The van der Waals surface area contributed by atoms with Gasteiger partial charge in [0.25, 0.3) is 0 Å². The molecule has 0 radical (unpaired) electrons. The van der Waals surface area contributed by atoms with E-state index in [2.05, 4.69) is 17.1 Å². The molecule has 36 heavy (non-hydrogen) atoms. The minimum Gasteiger partial charge on any atom is -0.494 e. The van der Waals surface area contributed by atoms with Gasteiger partial charge in [0.15, 0.2) is 0 Å². The highest BCUT2D eigenvalue weighted by Crippen LogP contribution is 2.18. The smallest absolute Gasteiger partial charge is 0.343 e. The highest BCUT2D eigenvalue weighted by Gasteiger charge is 2.09. The second-order valence-corrected chi connectivity index (χ2v) is 8.59. The van der Waals surface area contributed by atoms with Crippen molar-refractivity contribution in [2.24, 2.45) is 10.1 Å². The van der Waals surface area contributed by atoms with Crippen LogP contribution in [0.5, 0.6) is 11.5 Å². The molecule has 0 spiro atoms. The van der Waals surface area contributed by atoms with Gasteiger partial charge >= 0.3 is 5.97 Å². The zero-order valence-electron chi connectivity index (χ0n) is 21.0. The Hall–Kier alpha value is -3.93. The standard InChI is InChI=1S/C30H34N2O4/c1-3-4-5-6-7-8-21-35-28-19-13-26(14-20-28)30(33)36-29-17-9-24(10-18-29)22-31-27-15-11-25(12-16-27)23(2)32-34/h9-20,22,34H,3-8,21H2,1-2H3. The van der Waals surface area contributed by atoms with Crippen molar-refractivity contribution in [3.63, 3.8) is 0 Å². The summed E-state index contributed by atoms with van der Waals surface area (Å²) in [5.74, 6) is 0.805. The second kappa shape index (κ2) is 14.5. The normalized spacial score (nSPS) is 11.6. The van der Waals surface area contributed by atoms with Crippen LogP contribution in [0.15, 0.2) is 82.9 Å². The number of hydrogen-bond donors (Lipinski definition) is 1. The van der Waals surface area contributed by atoms with E-state index in [1.165, 1.54) is 32.1 Å². The minimum absolute atomic E-state index is 0.416. The van der Waals surface area contributed by atoms with Crippen LogP contribution in [-0.2, 0) is 0 Å². The van der Waals surface area contributed by atoms with Crippen LogP contribution in [0.2, 0.25) is 0 Å². The van der Waals surface area contributed by atoms with Crippen LogP contribution in [0, 0.1) is 0 Å². The zero-order chi connectivity index (χ0) is 25.6. The summed E-state index contributed by atoms with van der Waals surface area (Å²) in [4.78, 5) is 16.9. The van der Waals surface area contributed by atoms with E-state index in [1.54, 1.807) is 49.5 Å². The molecule has 0 aromatic heterocycles.